The van der Waals surface area contributed by atoms with Gasteiger partial charge in [-0.3, -0.25) is 14.6 Å². The van der Waals surface area contributed by atoms with E-state index in [0.717, 1.165) is 24.2 Å². The molecule has 0 bridgehead atoms. The molecule has 0 amide bonds. The number of Topliss-reactive ketones (excluding diaryl/α,β-unsaturated/α-hetero) is 1. The SMILES string of the molecule is COc1ccc(CCCC2N=CC(N[C@@H](C)COCCC(=O)O)=C(C#N)C2=O)cc1. The predicted molar refractivity (Wildman–Crippen MR) is 112 cm³/mol. The molecule has 2 atom stereocenters. The van der Waals surface area contributed by atoms with Crippen LogP contribution in [0.25, 0.3) is 0 Å². The van der Waals surface area contributed by atoms with Crippen LogP contribution in [0.3, 0.4) is 0 Å². The summed E-state index contributed by atoms with van der Waals surface area (Å²) in [6, 6.07) is 9.02. The lowest BCUT2D eigenvalue weighted by atomic mass is 9.95. The third-order valence-corrected chi connectivity index (χ3v) is 4.65. The van der Waals surface area contributed by atoms with Gasteiger partial charge in [0.2, 0.25) is 0 Å². The molecule has 30 heavy (non-hydrogen) atoms. The number of benzene rings is 1. The molecule has 2 rings (SSSR count). The number of dihydropyridines is 1. The van der Waals surface area contributed by atoms with Crippen LogP contribution in [-0.2, 0) is 20.7 Å². The molecular formula is C22H27N3O5. The second kappa shape index (κ2) is 11.7. The van der Waals surface area contributed by atoms with Crippen molar-refractivity contribution in [2.24, 2.45) is 4.99 Å². The third kappa shape index (κ3) is 7.01. The monoisotopic (exact) mass is 413 g/mol. The Kier molecular flexibility index (Phi) is 9.03. The van der Waals surface area contributed by atoms with E-state index in [1.807, 2.05) is 37.3 Å². The molecule has 1 aromatic carbocycles. The van der Waals surface area contributed by atoms with Crippen LogP contribution in [0.5, 0.6) is 5.75 Å². The number of ether oxygens (including phenoxy) is 2. The zero-order valence-electron chi connectivity index (χ0n) is 17.3. The van der Waals surface area contributed by atoms with Crippen molar-refractivity contribution >= 4 is 18.0 Å². The number of aliphatic carboxylic acids is 1. The van der Waals surface area contributed by atoms with E-state index < -0.39 is 12.0 Å². The summed E-state index contributed by atoms with van der Waals surface area (Å²) >= 11 is 0. The Hall–Kier alpha value is -3.18. The van der Waals surface area contributed by atoms with E-state index in [1.165, 1.54) is 6.21 Å². The summed E-state index contributed by atoms with van der Waals surface area (Å²) in [7, 11) is 1.62. The van der Waals surface area contributed by atoms with Crippen molar-refractivity contribution in [3.05, 3.63) is 41.1 Å². The summed E-state index contributed by atoms with van der Waals surface area (Å²) in [6.07, 6.45) is 3.61. The minimum absolute atomic E-state index is 0.0665. The normalized spacial score (nSPS) is 16.8. The number of carboxylic acids is 1. The van der Waals surface area contributed by atoms with Crippen LogP contribution >= 0.6 is 0 Å². The molecule has 2 N–H and O–H groups in total. The number of carbonyl (C=O) groups is 2. The molecule has 160 valence electrons. The molecule has 1 aliphatic rings. The first-order valence-corrected chi connectivity index (χ1v) is 9.85. The largest absolute Gasteiger partial charge is 0.497 e. The van der Waals surface area contributed by atoms with Gasteiger partial charge in [0.15, 0.2) is 5.78 Å². The Bertz CT molecular complexity index is 839. The van der Waals surface area contributed by atoms with E-state index in [1.54, 1.807) is 7.11 Å². The van der Waals surface area contributed by atoms with Gasteiger partial charge in [0, 0.05) is 12.3 Å². The number of aliphatic imine (C=N–C) groups is 1. The molecule has 0 aromatic heterocycles. The molecule has 1 aromatic rings. The number of methoxy groups -OCH3 is 1. The summed E-state index contributed by atoms with van der Waals surface area (Å²) < 4.78 is 10.4. The highest BCUT2D eigenvalue weighted by atomic mass is 16.5. The zero-order valence-corrected chi connectivity index (χ0v) is 17.3. The Balaban J connectivity index is 1.84. The molecule has 0 fully saturated rings. The van der Waals surface area contributed by atoms with Crippen molar-refractivity contribution in [1.82, 2.24) is 5.32 Å². The lowest BCUT2D eigenvalue weighted by Crippen LogP contribution is -2.36. The van der Waals surface area contributed by atoms with E-state index in [4.69, 9.17) is 14.6 Å². The highest BCUT2D eigenvalue weighted by Crippen LogP contribution is 2.19. The average Bonchev–Trinajstić information content (AvgIpc) is 2.73. The number of aryl methyl sites for hydroxylation is 1. The average molecular weight is 413 g/mol. The van der Waals surface area contributed by atoms with Gasteiger partial charge in [-0.25, -0.2) is 0 Å². The predicted octanol–water partition coefficient (Wildman–Crippen LogP) is 2.29. The van der Waals surface area contributed by atoms with Crippen LogP contribution in [0, 0.1) is 11.3 Å². The third-order valence-electron chi connectivity index (χ3n) is 4.65. The van der Waals surface area contributed by atoms with Crippen molar-refractivity contribution in [2.45, 2.75) is 44.7 Å². The number of rotatable bonds is 12. The summed E-state index contributed by atoms with van der Waals surface area (Å²) in [4.78, 5) is 27.5. The second-order valence-electron chi connectivity index (χ2n) is 7.06. The van der Waals surface area contributed by atoms with Gasteiger partial charge in [0.25, 0.3) is 0 Å². The summed E-state index contributed by atoms with van der Waals surface area (Å²) in [5.74, 6) is -0.402. The van der Waals surface area contributed by atoms with Gasteiger partial charge in [-0.05, 0) is 43.9 Å². The molecule has 0 spiro atoms. The molecule has 0 radical (unpaired) electrons. The number of carboxylic acid groups (broad SMARTS) is 1. The number of allylic oxidation sites excluding steroid dienone is 1. The van der Waals surface area contributed by atoms with E-state index >= 15 is 0 Å². The van der Waals surface area contributed by atoms with Crippen molar-refractivity contribution < 1.29 is 24.2 Å². The lowest BCUT2D eigenvalue weighted by molar-refractivity contribution is -0.138. The van der Waals surface area contributed by atoms with Gasteiger partial charge in [-0.1, -0.05) is 12.1 Å². The van der Waals surface area contributed by atoms with Crippen LogP contribution in [0.4, 0.5) is 0 Å². The van der Waals surface area contributed by atoms with Crippen molar-refractivity contribution in [1.29, 1.82) is 5.26 Å². The molecule has 1 unspecified atom stereocenters. The number of nitrogens with one attached hydrogen (secondary N) is 1. The number of nitriles is 1. The number of hydrogen-bond acceptors (Lipinski definition) is 7. The lowest BCUT2D eigenvalue weighted by Gasteiger charge is -2.21. The Morgan fingerprint density at radius 2 is 2.10 bits per heavy atom. The Morgan fingerprint density at radius 1 is 1.37 bits per heavy atom. The maximum Gasteiger partial charge on any atom is 0.305 e. The van der Waals surface area contributed by atoms with E-state index in [-0.39, 0.29) is 37.0 Å². The molecule has 1 heterocycles. The molecule has 8 nitrogen and oxygen atoms in total. The number of hydrogen-bond donors (Lipinski definition) is 2. The molecule has 0 aliphatic carbocycles. The fraction of sp³-hybridized carbons (Fsp3) is 0.455. The van der Waals surface area contributed by atoms with Crippen molar-refractivity contribution in [3.63, 3.8) is 0 Å². The van der Waals surface area contributed by atoms with Crippen LogP contribution in [0.1, 0.15) is 31.7 Å². The van der Waals surface area contributed by atoms with Crippen LogP contribution in [0.2, 0.25) is 0 Å². The van der Waals surface area contributed by atoms with Gasteiger partial charge in [0.05, 0.1) is 32.4 Å². The van der Waals surface area contributed by atoms with Gasteiger partial charge in [-0.15, -0.1) is 0 Å². The summed E-state index contributed by atoms with van der Waals surface area (Å²) in [5.41, 5.74) is 1.60. The zero-order chi connectivity index (χ0) is 21.9. The van der Waals surface area contributed by atoms with Crippen LogP contribution < -0.4 is 10.1 Å². The topological polar surface area (TPSA) is 121 Å². The first-order chi connectivity index (χ1) is 14.4. The molecule has 1 aliphatic heterocycles. The van der Waals surface area contributed by atoms with Gasteiger partial charge in [-0.2, -0.15) is 5.26 Å². The van der Waals surface area contributed by atoms with Gasteiger partial charge < -0.3 is 19.9 Å². The standard InChI is InChI=1S/C22H27N3O5/c1-15(14-30-11-10-21(26)27)25-20-13-24-19(22(28)18(20)12-23)5-3-4-16-6-8-17(29-2)9-7-16/h6-9,13,15,19,25H,3-5,10-11,14H2,1-2H3,(H,26,27)/t15-,19?/m0/s1. The maximum absolute atomic E-state index is 12.7. The fourth-order valence-electron chi connectivity index (χ4n) is 3.04. The van der Waals surface area contributed by atoms with E-state index in [9.17, 15) is 14.9 Å². The van der Waals surface area contributed by atoms with Crippen LogP contribution in [-0.4, -0.2) is 55.5 Å². The molecular weight excluding hydrogens is 386 g/mol. The van der Waals surface area contributed by atoms with E-state index in [2.05, 4.69) is 10.3 Å². The smallest absolute Gasteiger partial charge is 0.305 e. The minimum atomic E-state index is -0.923. The van der Waals surface area contributed by atoms with Gasteiger partial charge in [0.1, 0.15) is 23.4 Å². The van der Waals surface area contributed by atoms with Crippen molar-refractivity contribution in [2.75, 3.05) is 20.3 Å². The fourth-order valence-corrected chi connectivity index (χ4v) is 3.04. The van der Waals surface area contributed by atoms with Crippen LogP contribution in [0.15, 0.2) is 40.5 Å². The highest BCUT2D eigenvalue weighted by molar-refractivity contribution is 6.10. The quantitative estimate of drug-likeness (QED) is 0.504. The summed E-state index contributed by atoms with van der Waals surface area (Å²) in [5, 5.41) is 21.1. The number of nitrogens with zero attached hydrogens (tertiary/aromatic N) is 2. The first-order valence-electron chi connectivity index (χ1n) is 9.85. The number of carbonyl (C=O) groups excluding carboxylic acids is 1. The Morgan fingerprint density at radius 3 is 2.73 bits per heavy atom. The number of ketones is 1. The first kappa shape index (κ1) is 23.1. The van der Waals surface area contributed by atoms with Gasteiger partial charge >= 0.3 is 5.97 Å². The van der Waals surface area contributed by atoms with E-state index in [0.29, 0.717) is 12.1 Å². The minimum Gasteiger partial charge on any atom is -0.497 e. The Labute approximate surface area is 176 Å². The highest BCUT2D eigenvalue weighted by Gasteiger charge is 2.27. The molecule has 0 saturated carbocycles. The second-order valence-corrected chi connectivity index (χ2v) is 7.06. The maximum atomic E-state index is 12.7. The van der Waals surface area contributed by atoms with Crippen molar-refractivity contribution in [3.8, 4) is 11.8 Å². The molecule has 0 saturated heterocycles. The molecule has 8 heteroatoms. The summed E-state index contributed by atoms with van der Waals surface area (Å²) in [6.45, 7) is 2.18.